The lowest BCUT2D eigenvalue weighted by molar-refractivity contribution is 0.0194. The fraction of sp³-hybridized carbons (Fsp3) is 0.333. The molecule has 0 amide bonds. The number of benzene rings is 2. The number of aromatic nitrogens is 3. The van der Waals surface area contributed by atoms with Crippen molar-refractivity contribution in [3.63, 3.8) is 0 Å². The molecule has 0 radical (unpaired) electrons. The molecule has 34 heavy (non-hydrogen) atoms. The third-order valence-electron chi connectivity index (χ3n) is 6.42. The second kappa shape index (κ2) is 9.07. The minimum atomic E-state index is -1.15. The highest BCUT2D eigenvalue weighted by Crippen LogP contribution is 2.31. The molecule has 5 rings (SSSR count). The molecule has 2 aromatic carbocycles. The number of nitrogens with one attached hydrogen (secondary N) is 2. The van der Waals surface area contributed by atoms with Crippen LogP contribution in [0.3, 0.4) is 0 Å². The van der Waals surface area contributed by atoms with Crippen LogP contribution in [0, 0.1) is 6.92 Å². The molecule has 0 bridgehead atoms. The maximum absolute atomic E-state index is 10.5. The zero-order valence-corrected chi connectivity index (χ0v) is 18.8. The summed E-state index contributed by atoms with van der Waals surface area (Å²) in [4.78, 5) is 7.84. The molecular weight excluding hydrogens is 434 g/mol. The number of rotatable bonds is 7. The minimum Gasteiger partial charge on any atom is -0.393 e. The lowest BCUT2D eigenvalue weighted by Gasteiger charge is -2.18. The Kier molecular flexibility index (Phi) is 5.96. The van der Waals surface area contributed by atoms with Gasteiger partial charge in [0.05, 0.1) is 0 Å². The van der Waals surface area contributed by atoms with E-state index in [2.05, 4.69) is 74.6 Å². The number of aliphatic hydroxyl groups excluding tert-OH is 2. The molecule has 4 aromatic rings. The first kappa shape index (κ1) is 22.4. The summed E-state index contributed by atoms with van der Waals surface area (Å²) < 4.78 is 8.14. The Hall–Kier alpha value is -3.44. The molecule has 10 heteroatoms. The summed E-state index contributed by atoms with van der Waals surface area (Å²) in [5, 5.41) is 29.7. The van der Waals surface area contributed by atoms with Gasteiger partial charge in [-0.25, -0.2) is 9.97 Å². The molecule has 0 spiro atoms. The molecule has 1 aliphatic rings. The molecule has 1 saturated heterocycles. The van der Waals surface area contributed by atoms with Crippen molar-refractivity contribution in [3.8, 4) is 0 Å². The van der Waals surface area contributed by atoms with Crippen LogP contribution in [-0.2, 0) is 11.3 Å². The number of aryl methyl sites for hydroxylation is 1. The van der Waals surface area contributed by atoms with E-state index < -0.39 is 24.5 Å². The van der Waals surface area contributed by atoms with Crippen LogP contribution in [-0.4, -0.2) is 62.4 Å². The van der Waals surface area contributed by atoms with Gasteiger partial charge in [0, 0.05) is 41.4 Å². The van der Waals surface area contributed by atoms with Crippen molar-refractivity contribution in [2.24, 2.45) is 0 Å². The average molecular weight is 464 g/mol. The van der Waals surface area contributed by atoms with Crippen LogP contribution in [0.25, 0.3) is 21.8 Å². The molecule has 0 saturated carbocycles. The average Bonchev–Trinajstić information content (AvgIpc) is 3.30. The van der Waals surface area contributed by atoms with Crippen LogP contribution in [0.1, 0.15) is 5.56 Å². The maximum atomic E-state index is 10.5. The number of hydrogen-bond acceptors (Lipinski definition) is 9. The van der Waals surface area contributed by atoms with Crippen molar-refractivity contribution >= 4 is 39.1 Å². The smallest absolute Gasteiger partial charge is 0.158 e. The predicted molar refractivity (Wildman–Crippen MR) is 132 cm³/mol. The Balaban J connectivity index is 1.23. The van der Waals surface area contributed by atoms with E-state index in [9.17, 15) is 10.2 Å². The van der Waals surface area contributed by atoms with E-state index in [1.807, 2.05) is 0 Å². The van der Waals surface area contributed by atoms with E-state index in [-0.39, 0.29) is 17.3 Å². The highest BCUT2D eigenvalue weighted by atomic mass is 16.6. The number of nitrogens with zero attached hydrogens (tertiary/aromatic N) is 3. The Morgan fingerprint density at radius 2 is 1.82 bits per heavy atom. The summed E-state index contributed by atoms with van der Waals surface area (Å²) in [6.45, 7) is 3.92. The van der Waals surface area contributed by atoms with Gasteiger partial charge in [-0.05, 0) is 24.6 Å². The summed E-state index contributed by atoms with van der Waals surface area (Å²) >= 11 is 0. The van der Waals surface area contributed by atoms with Gasteiger partial charge in [-0.3, -0.25) is 0 Å². The third kappa shape index (κ3) is 3.90. The molecule has 1 aliphatic heterocycles. The number of aliphatic hydroxyl groups is 2. The first-order valence-electron chi connectivity index (χ1n) is 11.3. The first-order valence-corrected chi connectivity index (χ1v) is 11.3. The molecule has 4 atom stereocenters. The van der Waals surface area contributed by atoms with E-state index in [0.717, 1.165) is 6.54 Å². The fourth-order valence-corrected chi connectivity index (χ4v) is 4.65. The van der Waals surface area contributed by atoms with Gasteiger partial charge in [0.15, 0.2) is 17.9 Å². The Labute approximate surface area is 196 Å². The second-order valence-corrected chi connectivity index (χ2v) is 8.58. The normalized spacial score (nSPS) is 22.6. The van der Waals surface area contributed by atoms with Gasteiger partial charge < -0.3 is 41.6 Å². The highest BCUT2D eigenvalue weighted by molar-refractivity contribution is 6.09. The van der Waals surface area contributed by atoms with Gasteiger partial charge >= 0.3 is 0 Å². The van der Waals surface area contributed by atoms with Crippen LogP contribution in [0.15, 0.2) is 48.8 Å². The van der Waals surface area contributed by atoms with Crippen molar-refractivity contribution in [2.45, 2.75) is 38.0 Å². The molecular formula is C24H29N7O3. The quantitative estimate of drug-likeness (QED) is 0.222. The SMILES string of the molecule is Cc1cccc2c1c1ccccc1n2CCNCC1OC(Nc2ncnc(N)c2N)C(O)C1O. The van der Waals surface area contributed by atoms with E-state index >= 15 is 0 Å². The summed E-state index contributed by atoms with van der Waals surface area (Å²) in [6, 6.07) is 14.8. The van der Waals surface area contributed by atoms with Crippen LogP contribution in [0.5, 0.6) is 0 Å². The van der Waals surface area contributed by atoms with Gasteiger partial charge in [0.1, 0.15) is 30.3 Å². The molecule has 178 valence electrons. The fourth-order valence-electron chi connectivity index (χ4n) is 4.65. The molecule has 1 fully saturated rings. The standard InChI is InChI=1S/C24H29N7O3/c1-13-5-4-8-16-18(13)14-6-2-3-7-15(14)31(16)10-9-27-11-17-20(32)21(33)24(34-17)30-23-19(25)22(26)28-12-29-23/h2-8,12,17,20-21,24,27,32-33H,9-11,25H2,1H3,(H3,26,28,29,30). The van der Waals surface area contributed by atoms with Crippen LogP contribution >= 0.6 is 0 Å². The van der Waals surface area contributed by atoms with E-state index in [1.54, 1.807) is 0 Å². The lowest BCUT2D eigenvalue weighted by atomic mass is 10.1. The summed E-state index contributed by atoms with van der Waals surface area (Å²) in [5.74, 6) is 0.378. The molecule has 3 heterocycles. The number of ether oxygens (including phenoxy) is 1. The second-order valence-electron chi connectivity index (χ2n) is 8.58. The zero-order valence-electron chi connectivity index (χ0n) is 18.8. The molecule has 4 unspecified atom stereocenters. The predicted octanol–water partition coefficient (Wildman–Crippen LogP) is 1.21. The van der Waals surface area contributed by atoms with Crippen LogP contribution in [0.4, 0.5) is 17.3 Å². The number of hydrogen-bond donors (Lipinski definition) is 6. The monoisotopic (exact) mass is 463 g/mol. The van der Waals surface area contributed by atoms with Gasteiger partial charge in [-0.2, -0.15) is 0 Å². The topological polar surface area (TPSA) is 156 Å². The van der Waals surface area contributed by atoms with Gasteiger partial charge in [0.25, 0.3) is 0 Å². The molecule has 2 aromatic heterocycles. The number of nitrogen functional groups attached to an aromatic ring is 2. The van der Waals surface area contributed by atoms with Crippen molar-refractivity contribution in [1.82, 2.24) is 19.9 Å². The van der Waals surface area contributed by atoms with Crippen molar-refractivity contribution in [2.75, 3.05) is 29.9 Å². The Morgan fingerprint density at radius 1 is 1.03 bits per heavy atom. The Bertz CT molecular complexity index is 1320. The van der Waals surface area contributed by atoms with E-state index in [4.69, 9.17) is 16.2 Å². The highest BCUT2D eigenvalue weighted by Gasteiger charge is 2.42. The maximum Gasteiger partial charge on any atom is 0.158 e. The van der Waals surface area contributed by atoms with Gasteiger partial charge in [-0.15, -0.1) is 0 Å². The Morgan fingerprint density at radius 3 is 2.68 bits per heavy atom. The summed E-state index contributed by atoms with van der Waals surface area (Å²) in [6.07, 6.45) is -2.43. The van der Waals surface area contributed by atoms with Gasteiger partial charge in [0.2, 0.25) is 0 Å². The van der Waals surface area contributed by atoms with Crippen molar-refractivity contribution in [1.29, 1.82) is 0 Å². The molecule has 8 N–H and O–H groups in total. The number of anilines is 3. The van der Waals surface area contributed by atoms with Crippen LogP contribution < -0.4 is 22.1 Å². The number of fused-ring (bicyclic) bond motifs is 3. The lowest BCUT2D eigenvalue weighted by Crippen LogP contribution is -2.39. The molecule has 10 nitrogen and oxygen atoms in total. The zero-order chi connectivity index (χ0) is 23.8. The van der Waals surface area contributed by atoms with Gasteiger partial charge in [-0.1, -0.05) is 30.3 Å². The number of nitrogens with two attached hydrogens (primary N) is 2. The van der Waals surface area contributed by atoms with Crippen molar-refractivity contribution in [3.05, 3.63) is 54.4 Å². The summed E-state index contributed by atoms with van der Waals surface area (Å²) in [7, 11) is 0. The molecule has 0 aliphatic carbocycles. The minimum absolute atomic E-state index is 0.129. The van der Waals surface area contributed by atoms with E-state index in [0.29, 0.717) is 13.1 Å². The number of para-hydroxylation sites is 1. The van der Waals surface area contributed by atoms with Crippen LogP contribution in [0.2, 0.25) is 0 Å². The third-order valence-corrected chi connectivity index (χ3v) is 6.42. The van der Waals surface area contributed by atoms with E-state index in [1.165, 1.54) is 33.7 Å². The largest absolute Gasteiger partial charge is 0.393 e. The first-order chi connectivity index (χ1) is 16.5. The summed E-state index contributed by atoms with van der Waals surface area (Å²) in [5.41, 5.74) is 15.4. The van der Waals surface area contributed by atoms with Crippen molar-refractivity contribution < 1.29 is 14.9 Å².